The van der Waals surface area contributed by atoms with E-state index in [1.165, 1.54) is 0 Å². The number of aromatic nitrogens is 4. The molecular formula is C16H21N5O. The Hall–Kier alpha value is -2.24. The fourth-order valence-electron chi connectivity index (χ4n) is 3.09. The molecule has 3 rings (SSSR count). The molecule has 0 N–H and O–H groups in total. The maximum Gasteiger partial charge on any atom is 0.219 e. The van der Waals surface area contributed by atoms with Gasteiger partial charge >= 0.3 is 0 Å². The number of amides is 1. The maximum atomic E-state index is 11.5. The van der Waals surface area contributed by atoms with Gasteiger partial charge in [0.1, 0.15) is 6.33 Å². The lowest BCUT2D eigenvalue weighted by atomic mass is 9.93. The van der Waals surface area contributed by atoms with Crippen molar-refractivity contribution in [3.05, 3.63) is 30.4 Å². The monoisotopic (exact) mass is 299 g/mol. The van der Waals surface area contributed by atoms with Gasteiger partial charge in [0.15, 0.2) is 0 Å². The van der Waals surface area contributed by atoms with Gasteiger partial charge in [-0.25, -0.2) is 9.97 Å². The molecule has 2 aromatic heterocycles. The molecule has 1 atom stereocenters. The Morgan fingerprint density at radius 1 is 1.41 bits per heavy atom. The Bertz CT molecular complexity index is 666. The zero-order valence-corrected chi connectivity index (χ0v) is 13.1. The summed E-state index contributed by atoms with van der Waals surface area (Å²) >= 11 is 0. The summed E-state index contributed by atoms with van der Waals surface area (Å²) in [6, 6.07) is 3.98. The largest absolute Gasteiger partial charge is 0.343 e. The van der Waals surface area contributed by atoms with Crippen LogP contribution in [-0.4, -0.2) is 43.6 Å². The highest BCUT2D eigenvalue weighted by Gasteiger charge is 2.22. The van der Waals surface area contributed by atoms with Crippen molar-refractivity contribution in [1.29, 1.82) is 0 Å². The summed E-state index contributed by atoms with van der Waals surface area (Å²) in [6.45, 7) is 3.36. The number of hydrogen-bond donors (Lipinski definition) is 0. The van der Waals surface area contributed by atoms with Gasteiger partial charge in [0.2, 0.25) is 5.91 Å². The summed E-state index contributed by atoms with van der Waals surface area (Å²) in [5.74, 6) is 0.648. The molecule has 1 amide bonds. The third kappa shape index (κ3) is 3.16. The highest BCUT2D eigenvalue weighted by Crippen LogP contribution is 2.22. The van der Waals surface area contributed by atoms with Gasteiger partial charge in [-0.2, -0.15) is 5.10 Å². The van der Waals surface area contributed by atoms with Crippen LogP contribution in [0.4, 0.5) is 0 Å². The number of aryl methyl sites for hydroxylation is 1. The third-order valence-electron chi connectivity index (χ3n) is 4.27. The van der Waals surface area contributed by atoms with Crippen LogP contribution >= 0.6 is 0 Å². The molecule has 1 aliphatic heterocycles. The Morgan fingerprint density at radius 3 is 3.00 bits per heavy atom. The summed E-state index contributed by atoms with van der Waals surface area (Å²) in [5, 5.41) is 4.18. The molecular weight excluding hydrogens is 278 g/mol. The van der Waals surface area contributed by atoms with E-state index in [2.05, 4.69) is 15.1 Å². The lowest BCUT2D eigenvalue weighted by Gasteiger charge is -2.31. The second kappa shape index (κ2) is 6.25. The number of carbonyl (C=O) groups is 1. The van der Waals surface area contributed by atoms with Gasteiger partial charge in [-0.1, -0.05) is 0 Å². The molecule has 1 saturated heterocycles. The highest BCUT2D eigenvalue weighted by atomic mass is 16.2. The number of likely N-dealkylation sites (tertiary alicyclic amines) is 1. The van der Waals surface area contributed by atoms with Crippen LogP contribution in [-0.2, 0) is 18.3 Å². The number of carbonyl (C=O) groups excluding carboxylic acids is 1. The minimum Gasteiger partial charge on any atom is -0.343 e. The lowest BCUT2D eigenvalue weighted by Crippen LogP contribution is -2.39. The first kappa shape index (κ1) is 14.7. The summed E-state index contributed by atoms with van der Waals surface area (Å²) < 4.78 is 1.81. The Labute approximate surface area is 130 Å². The molecule has 0 spiro atoms. The van der Waals surface area contributed by atoms with Crippen LogP contribution < -0.4 is 0 Å². The number of nitrogens with zero attached hydrogens (tertiary/aromatic N) is 5. The summed E-state index contributed by atoms with van der Waals surface area (Å²) in [5.41, 5.74) is 2.91. The normalized spacial score (nSPS) is 18.5. The predicted molar refractivity (Wildman–Crippen MR) is 82.9 cm³/mol. The fourth-order valence-corrected chi connectivity index (χ4v) is 3.09. The number of hydrogen-bond acceptors (Lipinski definition) is 4. The molecule has 0 unspecified atom stereocenters. The predicted octanol–water partition coefficient (Wildman–Crippen LogP) is 1.68. The van der Waals surface area contributed by atoms with Crippen LogP contribution in [0.15, 0.2) is 24.7 Å². The third-order valence-corrected chi connectivity index (χ3v) is 4.27. The molecule has 0 saturated carbocycles. The highest BCUT2D eigenvalue weighted by molar-refractivity contribution is 5.73. The van der Waals surface area contributed by atoms with Crippen LogP contribution in [0.2, 0.25) is 0 Å². The van der Waals surface area contributed by atoms with Crippen molar-refractivity contribution in [3.63, 3.8) is 0 Å². The lowest BCUT2D eigenvalue weighted by molar-refractivity contribution is -0.130. The first-order valence-corrected chi connectivity index (χ1v) is 7.68. The van der Waals surface area contributed by atoms with Crippen molar-refractivity contribution in [1.82, 2.24) is 24.6 Å². The van der Waals surface area contributed by atoms with E-state index in [0.29, 0.717) is 5.92 Å². The maximum absolute atomic E-state index is 11.5. The SMILES string of the molecule is CC(=O)N1CCC[C@@H](Cc2cc(-c3ccnn3C)ncn2)C1. The average molecular weight is 299 g/mol. The van der Waals surface area contributed by atoms with E-state index in [0.717, 1.165) is 49.4 Å². The molecule has 6 nitrogen and oxygen atoms in total. The minimum absolute atomic E-state index is 0.169. The molecule has 3 heterocycles. The summed E-state index contributed by atoms with van der Waals surface area (Å²) in [4.78, 5) is 22.2. The van der Waals surface area contributed by atoms with Crippen LogP contribution in [0.1, 0.15) is 25.5 Å². The fraction of sp³-hybridized carbons (Fsp3) is 0.500. The van der Waals surface area contributed by atoms with E-state index in [9.17, 15) is 4.79 Å². The minimum atomic E-state index is 0.169. The molecule has 0 bridgehead atoms. The van der Waals surface area contributed by atoms with Crippen LogP contribution in [0.5, 0.6) is 0 Å². The first-order valence-electron chi connectivity index (χ1n) is 7.68. The van der Waals surface area contributed by atoms with E-state index < -0.39 is 0 Å². The standard InChI is InChI=1S/C16H21N5O/c1-12(22)21-7-3-4-13(10-21)8-14-9-15(18-11-17-14)16-5-6-19-20(16)2/h5-6,9,11,13H,3-4,7-8,10H2,1-2H3/t13-/m0/s1. The van der Waals surface area contributed by atoms with Crippen molar-refractivity contribution in [2.75, 3.05) is 13.1 Å². The Morgan fingerprint density at radius 2 is 2.27 bits per heavy atom. The van der Waals surface area contributed by atoms with Gasteiger partial charge in [-0.05, 0) is 37.3 Å². The molecule has 0 radical (unpaired) electrons. The molecule has 0 aromatic carbocycles. The van der Waals surface area contributed by atoms with Crippen LogP contribution in [0, 0.1) is 5.92 Å². The topological polar surface area (TPSA) is 63.9 Å². The van der Waals surface area contributed by atoms with E-state index >= 15 is 0 Å². The molecule has 1 aliphatic rings. The van der Waals surface area contributed by atoms with Gasteiger partial charge in [0, 0.05) is 39.0 Å². The zero-order chi connectivity index (χ0) is 15.5. The second-order valence-corrected chi connectivity index (χ2v) is 5.91. The van der Waals surface area contributed by atoms with Gasteiger partial charge < -0.3 is 4.90 Å². The first-order chi connectivity index (χ1) is 10.6. The van der Waals surface area contributed by atoms with E-state index in [1.807, 2.05) is 28.8 Å². The van der Waals surface area contributed by atoms with E-state index in [-0.39, 0.29) is 5.91 Å². The zero-order valence-electron chi connectivity index (χ0n) is 13.1. The van der Waals surface area contributed by atoms with E-state index in [4.69, 9.17) is 0 Å². The molecule has 0 aliphatic carbocycles. The van der Waals surface area contributed by atoms with Gasteiger partial charge in [0.25, 0.3) is 0 Å². The van der Waals surface area contributed by atoms with Crippen molar-refractivity contribution in [3.8, 4) is 11.4 Å². The van der Waals surface area contributed by atoms with Gasteiger partial charge in [0.05, 0.1) is 11.4 Å². The smallest absolute Gasteiger partial charge is 0.219 e. The van der Waals surface area contributed by atoms with Gasteiger partial charge in [-0.3, -0.25) is 9.48 Å². The Kier molecular flexibility index (Phi) is 4.18. The van der Waals surface area contributed by atoms with Crippen molar-refractivity contribution >= 4 is 5.91 Å². The number of rotatable bonds is 3. The molecule has 6 heteroatoms. The van der Waals surface area contributed by atoms with Crippen molar-refractivity contribution in [2.45, 2.75) is 26.2 Å². The van der Waals surface area contributed by atoms with Crippen LogP contribution in [0.25, 0.3) is 11.4 Å². The van der Waals surface area contributed by atoms with Gasteiger partial charge in [-0.15, -0.1) is 0 Å². The van der Waals surface area contributed by atoms with Crippen LogP contribution in [0.3, 0.4) is 0 Å². The Balaban J connectivity index is 1.73. The second-order valence-electron chi connectivity index (χ2n) is 5.91. The van der Waals surface area contributed by atoms with Crippen molar-refractivity contribution in [2.24, 2.45) is 13.0 Å². The molecule has 1 fully saturated rings. The molecule has 2 aromatic rings. The summed E-state index contributed by atoms with van der Waals surface area (Å²) in [6.07, 6.45) is 6.49. The number of piperidine rings is 1. The molecule has 22 heavy (non-hydrogen) atoms. The average Bonchev–Trinajstić information content (AvgIpc) is 2.94. The van der Waals surface area contributed by atoms with Crippen molar-refractivity contribution < 1.29 is 4.79 Å². The summed E-state index contributed by atoms with van der Waals surface area (Å²) in [7, 11) is 1.91. The quantitative estimate of drug-likeness (QED) is 0.865. The molecule has 116 valence electrons. The van der Waals surface area contributed by atoms with E-state index in [1.54, 1.807) is 19.4 Å².